The van der Waals surface area contributed by atoms with Gasteiger partial charge >= 0.3 is 5.97 Å². The molecule has 134 valence electrons. The predicted octanol–water partition coefficient (Wildman–Crippen LogP) is 2.28. The van der Waals surface area contributed by atoms with Crippen molar-refractivity contribution in [3.8, 4) is 6.07 Å². The van der Waals surface area contributed by atoms with Crippen LogP contribution in [0.15, 0.2) is 42.5 Å². The van der Waals surface area contributed by atoms with Gasteiger partial charge in [0.2, 0.25) is 5.91 Å². The van der Waals surface area contributed by atoms with Crippen LogP contribution in [0.5, 0.6) is 0 Å². The van der Waals surface area contributed by atoms with Gasteiger partial charge in [-0.05, 0) is 29.8 Å². The average Bonchev–Trinajstić information content (AvgIpc) is 2.63. The summed E-state index contributed by atoms with van der Waals surface area (Å²) < 4.78 is 32.0. The van der Waals surface area contributed by atoms with Crippen LogP contribution in [0, 0.1) is 23.0 Å². The minimum absolute atomic E-state index is 0.0771. The highest BCUT2D eigenvalue weighted by Crippen LogP contribution is 2.13. The fraction of sp³-hybridized carbons (Fsp3) is 0.211. The Morgan fingerprint density at radius 1 is 1.19 bits per heavy atom. The van der Waals surface area contributed by atoms with E-state index in [9.17, 15) is 18.4 Å². The van der Waals surface area contributed by atoms with Gasteiger partial charge < -0.3 is 10.1 Å². The van der Waals surface area contributed by atoms with E-state index in [0.717, 1.165) is 12.1 Å². The second-order valence-electron chi connectivity index (χ2n) is 5.54. The van der Waals surface area contributed by atoms with Gasteiger partial charge in [0.25, 0.3) is 0 Å². The summed E-state index contributed by atoms with van der Waals surface area (Å²) in [6.07, 6.45) is -0.474. The van der Waals surface area contributed by atoms with E-state index in [1.165, 1.54) is 13.2 Å². The number of hydrogen-bond acceptors (Lipinski definition) is 4. The van der Waals surface area contributed by atoms with Gasteiger partial charge in [-0.2, -0.15) is 5.26 Å². The van der Waals surface area contributed by atoms with Crippen LogP contribution in [0.3, 0.4) is 0 Å². The second kappa shape index (κ2) is 8.72. The summed E-state index contributed by atoms with van der Waals surface area (Å²) in [6, 6.07) is 10.8. The molecule has 0 saturated heterocycles. The number of nitrogens with one attached hydrogen (secondary N) is 1. The fourth-order valence-corrected chi connectivity index (χ4v) is 2.45. The Bertz CT molecular complexity index is 842. The SMILES string of the molecule is COC(=O)[C@@H](Cc1cccc(C#N)c1)NC(=O)Cc1c(F)cccc1F. The molecule has 0 spiro atoms. The summed E-state index contributed by atoms with van der Waals surface area (Å²) >= 11 is 0. The molecule has 2 aromatic carbocycles. The van der Waals surface area contributed by atoms with Crippen molar-refractivity contribution >= 4 is 11.9 Å². The summed E-state index contributed by atoms with van der Waals surface area (Å²) in [4.78, 5) is 24.1. The van der Waals surface area contributed by atoms with E-state index in [0.29, 0.717) is 11.1 Å². The van der Waals surface area contributed by atoms with Crippen molar-refractivity contribution in [2.24, 2.45) is 0 Å². The Labute approximate surface area is 149 Å². The number of amides is 1. The Morgan fingerprint density at radius 3 is 2.46 bits per heavy atom. The van der Waals surface area contributed by atoms with Gasteiger partial charge in [0.05, 0.1) is 25.2 Å². The topological polar surface area (TPSA) is 79.2 Å². The number of benzene rings is 2. The van der Waals surface area contributed by atoms with Crippen LogP contribution < -0.4 is 5.32 Å². The van der Waals surface area contributed by atoms with Crippen LogP contribution in [-0.4, -0.2) is 25.0 Å². The summed E-state index contributed by atoms with van der Waals surface area (Å²) in [7, 11) is 1.17. The summed E-state index contributed by atoms with van der Waals surface area (Å²) in [6.45, 7) is 0. The molecule has 0 saturated carbocycles. The zero-order valence-electron chi connectivity index (χ0n) is 14.0. The molecule has 0 heterocycles. The maximum absolute atomic E-state index is 13.7. The Hall–Kier alpha value is -3.27. The van der Waals surface area contributed by atoms with Crippen LogP contribution in [0.2, 0.25) is 0 Å². The lowest BCUT2D eigenvalue weighted by atomic mass is 10.0. The third-order valence-corrected chi connectivity index (χ3v) is 3.72. The average molecular weight is 358 g/mol. The maximum Gasteiger partial charge on any atom is 0.328 e. The van der Waals surface area contributed by atoms with Gasteiger partial charge in [0.1, 0.15) is 17.7 Å². The van der Waals surface area contributed by atoms with E-state index in [2.05, 4.69) is 10.1 Å². The molecule has 1 N–H and O–H groups in total. The quantitative estimate of drug-likeness (QED) is 0.804. The third-order valence-electron chi connectivity index (χ3n) is 3.72. The number of hydrogen-bond donors (Lipinski definition) is 1. The van der Waals surface area contributed by atoms with Crippen molar-refractivity contribution in [1.29, 1.82) is 5.26 Å². The van der Waals surface area contributed by atoms with Crippen molar-refractivity contribution in [2.75, 3.05) is 7.11 Å². The molecule has 2 rings (SSSR count). The predicted molar refractivity (Wildman–Crippen MR) is 88.9 cm³/mol. The van der Waals surface area contributed by atoms with E-state index in [1.54, 1.807) is 24.3 Å². The van der Waals surface area contributed by atoms with Crippen LogP contribution in [-0.2, 0) is 27.2 Å². The van der Waals surface area contributed by atoms with Gasteiger partial charge in [0.15, 0.2) is 0 Å². The van der Waals surface area contributed by atoms with Gasteiger partial charge in [-0.3, -0.25) is 4.79 Å². The van der Waals surface area contributed by atoms with Gasteiger partial charge in [-0.25, -0.2) is 13.6 Å². The lowest BCUT2D eigenvalue weighted by Crippen LogP contribution is -2.43. The van der Waals surface area contributed by atoms with Crippen LogP contribution >= 0.6 is 0 Å². The number of nitrogens with zero attached hydrogens (tertiary/aromatic N) is 1. The molecule has 7 heteroatoms. The van der Waals surface area contributed by atoms with Gasteiger partial charge in [-0.15, -0.1) is 0 Å². The third kappa shape index (κ3) is 4.86. The molecule has 0 radical (unpaired) electrons. The Kier molecular flexibility index (Phi) is 6.39. The first-order valence-corrected chi connectivity index (χ1v) is 7.73. The zero-order valence-corrected chi connectivity index (χ0v) is 14.0. The first kappa shape index (κ1) is 19.1. The highest BCUT2D eigenvalue weighted by atomic mass is 19.1. The van der Waals surface area contributed by atoms with E-state index in [4.69, 9.17) is 5.26 Å². The Balaban J connectivity index is 2.13. The molecule has 0 unspecified atom stereocenters. The highest BCUT2D eigenvalue weighted by molar-refractivity contribution is 5.85. The standard InChI is InChI=1S/C19H16F2N2O3/c1-26-19(25)17(9-12-4-2-5-13(8-12)11-22)23-18(24)10-14-15(20)6-3-7-16(14)21/h2-8,17H,9-10H2,1H3,(H,23,24)/t17-/m1/s1. The number of carbonyl (C=O) groups excluding carboxylic acids is 2. The maximum atomic E-state index is 13.7. The molecule has 5 nitrogen and oxygen atoms in total. The van der Waals surface area contributed by atoms with Crippen LogP contribution in [0.4, 0.5) is 8.78 Å². The number of methoxy groups -OCH3 is 1. The molecule has 1 amide bonds. The lowest BCUT2D eigenvalue weighted by molar-refractivity contribution is -0.145. The number of esters is 1. The number of halogens is 2. The smallest absolute Gasteiger partial charge is 0.328 e. The van der Waals surface area contributed by atoms with E-state index < -0.39 is 36.0 Å². The van der Waals surface area contributed by atoms with Crippen molar-refractivity contribution in [3.05, 3.63) is 70.8 Å². The molecule has 26 heavy (non-hydrogen) atoms. The highest BCUT2D eigenvalue weighted by Gasteiger charge is 2.23. The van der Waals surface area contributed by atoms with E-state index in [-0.39, 0.29) is 12.0 Å². The van der Waals surface area contributed by atoms with Crippen LogP contribution in [0.1, 0.15) is 16.7 Å². The summed E-state index contributed by atoms with van der Waals surface area (Å²) in [5, 5.41) is 11.4. The summed E-state index contributed by atoms with van der Waals surface area (Å²) in [5.41, 5.74) is 0.669. The molecule has 1 atom stereocenters. The monoisotopic (exact) mass is 358 g/mol. The second-order valence-corrected chi connectivity index (χ2v) is 5.54. The zero-order chi connectivity index (χ0) is 19.1. The van der Waals surface area contributed by atoms with Crippen molar-refractivity contribution in [2.45, 2.75) is 18.9 Å². The van der Waals surface area contributed by atoms with Gasteiger partial charge in [-0.1, -0.05) is 18.2 Å². The fourth-order valence-electron chi connectivity index (χ4n) is 2.45. The molecule has 2 aromatic rings. The molecule has 0 fully saturated rings. The molecule has 0 aliphatic rings. The van der Waals surface area contributed by atoms with Crippen molar-refractivity contribution in [1.82, 2.24) is 5.32 Å². The van der Waals surface area contributed by atoms with Crippen molar-refractivity contribution < 1.29 is 23.1 Å². The molecular formula is C19H16F2N2O3. The van der Waals surface area contributed by atoms with Crippen LogP contribution in [0.25, 0.3) is 0 Å². The minimum atomic E-state index is -1.05. The van der Waals surface area contributed by atoms with Gasteiger partial charge in [0, 0.05) is 12.0 Å². The minimum Gasteiger partial charge on any atom is -0.467 e. The Morgan fingerprint density at radius 2 is 1.85 bits per heavy atom. The lowest BCUT2D eigenvalue weighted by Gasteiger charge is -2.17. The molecule has 0 aromatic heterocycles. The number of ether oxygens (including phenoxy) is 1. The molecule has 0 aliphatic heterocycles. The summed E-state index contributed by atoms with van der Waals surface area (Å²) in [5.74, 6) is -3.09. The number of carbonyl (C=O) groups is 2. The normalized spacial score (nSPS) is 11.3. The molecule has 0 aliphatic carbocycles. The number of nitriles is 1. The molecule has 0 bridgehead atoms. The first-order valence-electron chi connectivity index (χ1n) is 7.73. The molecular weight excluding hydrogens is 342 g/mol. The largest absolute Gasteiger partial charge is 0.467 e. The number of rotatable bonds is 6. The first-order chi connectivity index (χ1) is 12.4. The van der Waals surface area contributed by atoms with Crippen molar-refractivity contribution in [3.63, 3.8) is 0 Å². The van der Waals surface area contributed by atoms with E-state index in [1.807, 2.05) is 6.07 Å². The van der Waals surface area contributed by atoms with E-state index >= 15 is 0 Å².